The van der Waals surface area contributed by atoms with Crippen LogP contribution in [0.2, 0.25) is 0 Å². The standard InChI is InChI=1S/C49H74N12O12/c1-5-28(4)40(46(70)56-34(14-9-21-50)47(71)61-23-11-16-37(61)44(68)58-36(48(72)73)25-29-12-7-6-8-13-29)60-43(67)35(24-30-17-19-31(62)20-18-30)57-45(69)39(27(2)3)59-42(66)33(15-10-22-54-49(52)53)55-41(65)32(51)26-38(63)64/h6-8,12-13,17-20,27-28,32-37,39-40,62H,5,9-11,14-16,21-26,50-51H2,1-4H3,(H,55,65)(H,56,70)(H,57,69)(H,58,68)(H,59,66)(H,60,67)(H,63,64)(H,72,73)(H4,52,53,54)/t28-,32-,33-,34-,35-,36-,37-,39-,40-/m0/s1. The average Bonchev–Trinajstić information content (AvgIpc) is 3.84. The van der Waals surface area contributed by atoms with Gasteiger partial charge in [0.1, 0.15) is 48.0 Å². The Kier molecular flexibility index (Phi) is 24.5. The summed E-state index contributed by atoms with van der Waals surface area (Å²) in [4.78, 5) is 126. The number of carboxylic acids is 2. The molecule has 2 aromatic rings. The zero-order valence-corrected chi connectivity index (χ0v) is 41.9. The first-order valence-electron chi connectivity index (χ1n) is 24.5. The number of aliphatic imine (C=N–C) groups is 1. The molecule has 17 N–H and O–H groups in total. The molecule has 7 amide bonds. The number of rotatable bonds is 30. The molecule has 0 saturated carbocycles. The highest BCUT2D eigenvalue weighted by atomic mass is 16.4. The highest BCUT2D eigenvalue weighted by molar-refractivity contribution is 5.98. The molecule has 0 aromatic heterocycles. The maximum absolute atomic E-state index is 14.5. The molecule has 1 saturated heterocycles. The largest absolute Gasteiger partial charge is 0.508 e. The Bertz CT molecular complexity index is 2230. The molecule has 0 unspecified atom stereocenters. The summed E-state index contributed by atoms with van der Waals surface area (Å²) in [6.07, 6.45) is 0.628. The van der Waals surface area contributed by atoms with Crippen LogP contribution < -0.4 is 54.8 Å². The van der Waals surface area contributed by atoms with Gasteiger partial charge in [0.25, 0.3) is 0 Å². The maximum Gasteiger partial charge on any atom is 0.326 e. The molecule has 402 valence electrons. The topological polar surface area (TPSA) is 406 Å². The summed E-state index contributed by atoms with van der Waals surface area (Å²) < 4.78 is 0. The monoisotopic (exact) mass is 1020 g/mol. The Morgan fingerprint density at radius 2 is 1.26 bits per heavy atom. The van der Waals surface area contributed by atoms with Crippen molar-refractivity contribution in [1.29, 1.82) is 0 Å². The molecule has 1 aliphatic rings. The number of phenols is 1. The van der Waals surface area contributed by atoms with Crippen molar-refractivity contribution in [3.8, 4) is 5.75 Å². The van der Waals surface area contributed by atoms with Gasteiger partial charge in [0.15, 0.2) is 5.96 Å². The number of phenolic OH excluding ortho intramolecular Hbond substituents is 1. The fraction of sp³-hybridized carbons (Fsp3) is 0.551. The molecule has 0 spiro atoms. The summed E-state index contributed by atoms with van der Waals surface area (Å²) in [6.45, 7) is 7.10. The van der Waals surface area contributed by atoms with Crippen molar-refractivity contribution in [3.63, 3.8) is 0 Å². The summed E-state index contributed by atoms with van der Waals surface area (Å²) in [6, 6.07) is 4.20. The number of benzene rings is 2. The molecule has 1 aliphatic heterocycles. The van der Waals surface area contributed by atoms with Gasteiger partial charge in [0.05, 0.1) is 12.5 Å². The molecular weight excluding hydrogens is 949 g/mol. The first kappa shape index (κ1) is 60.0. The lowest BCUT2D eigenvalue weighted by atomic mass is 9.96. The molecule has 24 heteroatoms. The Hall–Kier alpha value is -7.34. The second kappa shape index (κ2) is 29.9. The number of carbonyl (C=O) groups is 9. The van der Waals surface area contributed by atoms with Gasteiger partial charge in [-0.15, -0.1) is 0 Å². The van der Waals surface area contributed by atoms with Gasteiger partial charge in [-0.05, 0) is 80.2 Å². The van der Waals surface area contributed by atoms with Gasteiger partial charge in [-0.25, -0.2) is 4.79 Å². The molecule has 9 atom stereocenters. The first-order valence-corrected chi connectivity index (χ1v) is 24.5. The lowest BCUT2D eigenvalue weighted by molar-refractivity contribution is -0.145. The van der Waals surface area contributed by atoms with Crippen LogP contribution in [0, 0.1) is 11.8 Å². The quantitative estimate of drug-likeness (QED) is 0.0240. The van der Waals surface area contributed by atoms with Crippen molar-refractivity contribution in [3.05, 3.63) is 65.7 Å². The highest BCUT2D eigenvalue weighted by Gasteiger charge is 2.41. The Morgan fingerprint density at radius 3 is 1.85 bits per heavy atom. The Labute approximate surface area is 424 Å². The predicted molar refractivity (Wildman–Crippen MR) is 269 cm³/mol. The fourth-order valence-corrected chi connectivity index (χ4v) is 8.08. The normalized spacial score (nSPS) is 16.5. The van der Waals surface area contributed by atoms with Crippen LogP contribution in [-0.4, -0.2) is 147 Å². The molecular formula is C49H74N12O12. The van der Waals surface area contributed by atoms with Crippen LogP contribution in [-0.2, 0) is 56.0 Å². The van der Waals surface area contributed by atoms with Crippen molar-refractivity contribution in [2.45, 2.75) is 140 Å². The number of nitrogens with one attached hydrogen (secondary N) is 6. The van der Waals surface area contributed by atoms with E-state index in [1.54, 1.807) is 58.0 Å². The van der Waals surface area contributed by atoms with Crippen molar-refractivity contribution in [1.82, 2.24) is 36.8 Å². The van der Waals surface area contributed by atoms with Gasteiger partial charge in [0, 0.05) is 25.9 Å². The number of aromatic hydroxyl groups is 1. The number of nitrogens with zero attached hydrogens (tertiary/aromatic N) is 2. The predicted octanol–water partition coefficient (Wildman–Crippen LogP) is -1.54. The van der Waals surface area contributed by atoms with Gasteiger partial charge in [-0.2, -0.15) is 0 Å². The van der Waals surface area contributed by atoms with E-state index in [0.29, 0.717) is 24.0 Å². The van der Waals surface area contributed by atoms with Crippen LogP contribution in [0.4, 0.5) is 0 Å². The van der Waals surface area contributed by atoms with Gasteiger partial charge < -0.3 is 75.1 Å². The number of nitrogens with two attached hydrogens (primary N) is 4. The number of guanidine groups is 1. The van der Waals surface area contributed by atoms with Crippen molar-refractivity contribution >= 4 is 59.2 Å². The van der Waals surface area contributed by atoms with E-state index in [0.717, 1.165) is 0 Å². The van der Waals surface area contributed by atoms with Crippen LogP contribution in [0.15, 0.2) is 59.6 Å². The van der Waals surface area contributed by atoms with Crippen LogP contribution in [0.5, 0.6) is 5.75 Å². The number of aliphatic carboxylic acids is 2. The van der Waals surface area contributed by atoms with Crippen molar-refractivity contribution in [2.75, 3.05) is 19.6 Å². The Balaban J connectivity index is 1.89. The van der Waals surface area contributed by atoms with E-state index in [1.165, 1.54) is 29.2 Å². The van der Waals surface area contributed by atoms with E-state index in [2.05, 4.69) is 36.9 Å². The minimum absolute atomic E-state index is 0.00848. The summed E-state index contributed by atoms with van der Waals surface area (Å²) in [7, 11) is 0. The number of hydrogen-bond donors (Lipinski definition) is 13. The number of amides is 7. The molecule has 3 rings (SSSR count). The van der Waals surface area contributed by atoms with E-state index in [9.17, 15) is 53.4 Å². The third-order valence-electron chi connectivity index (χ3n) is 12.4. The van der Waals surface area contributed by atoms with E-state index < -0.39 is 120 Å². The summed E-state index contributed by atoms with van der Waals surface area (Å²) in [5.41, 5.74) is 23.6. The van der Waals surface area contributed by atoms with Crippen LogP contribution in [0.1, 0.15) is 90.2 Å². The zero-order chi connectivity index (χ0) is 54.4. The van der Waals surface area contributed by atoms with Crippen molar-refractivity contribution < 1.29 is 58.5 Å². The minimum atomic E-state index is -1.51. The smallest absolute Gasteiger partial charge is 0.326 e. The number of carboxylic acid groups (broad SMARTS) is 2. The lowest BCUT2D eigenvalue weighted by Crippen LogP contribution is -2.62. The Morgan fingerprint density at radius 1 is 0.699 bits per heavy atom. The lowest BCUT2D eigenvalue weighted by Gasteiger charge is -2.32. The van der Waals surface area contributed by atoms with Gasteiger partial charge in [-0.1, -0.05) is 76.6 Å². The van der Waals surface area contributed by atoms with Gasteiger partial charge >= 0.3 is 11.9 Å². The molecule has 0 bridgehead atoms. The summed E-state index contributed by atoms with van der Waals surface area (Å²) in [5.74, 6) is -9.48. The second-order valence-electron chi connectivity index (χ2n) is 18.5. The zero-order valence-electron chi connectivity index (χ0n) is 41.9. The molecule has 1 fully saturated rings. The van der Waals surface area contributed by atoms with E-state index in [1.807, 2.05) is 0 Å². The maximum atomic E-state index is 14.5. The van der Waals surface area contributed by atoms with Crippen LogP contribution in [0.25, 0.3) is 0 Å². The van der Waals surface area contributed by atoms with Gasteiger partial charge in [-0.3, -0.25) is 43.3 Å². The number of carbonyl (C=O) groups excluding carboxylic acids is 7. The molecule has 73 heavy (non-hydrogen) atoms. The SMILES string of the molecule is CC[C@H](C)[C@H](NC(=O)[C@H](Cc1ccc(O)cc1)NC(=O)[C@@H](NC(=O)[C@H](CCCN=C(N)N)NC(=O)[C@@H](N)CC(=O)O)C(C)C)C(=O)N[C@@H](CCCN)C(=O)N1CCC[C@H]1C(=O)N[C@@H](Cc1ccccc1)C(=O)O. The van der Waals surface area contributed by atoms with Crippen LogP contribution in [0.3, 0.4) is 0 Å². The summed E-state index contributed by atoms with van der Waals surface area (Å²) in [5, 5.41) is 45.0. The van der Waals surface area contributed by atoms with E-state index in [-0.39, 0.29) is 76.3 Å². The number of hydrogen-bond acceptors (Lipinski definition) is 13. The highest BCUT2D eigenvalue weighted by Crippen LogP contribution is 2.21. The number of likely N-dealkylation sites (tertiary alicyclic amines) is 1. The van der Waals surface area contributed by atoms with E-state index in [4.69, 9.17) is 28.0 Å². The summed E-state index contributed by atoms with van der Waals surface area (Å²) >= 11 is 0. The molecule has 0 aliphatic carbocycles. The minimum Gasteiger partial charge on any atom is -0.508 e. The third-order valence-corrected chi connectivity index (χ3v) is 12.4. The average molecular weight is 1020 g/mol. The molecule has 2 aromatic carbocycles. The fourth-order valence-electron chi connectivity index (χ4n) is 8.08. The molecule has 24 nitrogen and oxygen atoms in total. The van der Waals surface area contributed by atoms with Crippen LogP contribution >= 0.6 is 0 Å². The molecule has 0 radical (unpaired) electrons. The third kappa shape index (κ3) is 19.7. The second-order valence-corrected chi connectivity index (χ2v) is 18.5. The molecule has 1 heterocycles. The van der Waals surface area contributed by atoms with Gasteiger partial charge in [0.2, 0.25) is 41.4 Å². The first-order chi connectivity index (χ1) is 34.6. The van der Waals surface area contributed by atoms with E-state index >= 15 is 0 Å². The van der Waals surface area contributed by atoms with Crippen molar-refractivity contribution in [2.24, 2.45) is 39.8 Å².